The van der Waals surface area contributed by atoms with Gasteiger partial charge in [-0.3, -0.25) is 4.68 Å². The molecule has 15 heavy (non-hydrogen) atoms. The summed E-state index contributed by atoms with van der Waals surface area (Å²) in [5.74, 6) is 0.730. The molecule has 3 nitrogen and oxygen atoms in total. The van der Waals surface area contributed by atoms with Crippen LogP contribution in [0.25, 0.3) is 0 Å². The fraction of sp³-hybridized carbons (Fsp3) is 0.750. The van der Waals surface area contributed by atoms with Crippen LogP contribution in [0.1, 0.15) is 43.6 Å². The lowest BCUT2D eigenvalue weighted by molar-refractivity contribution is 0.390. The van der Waals surface area contributed by atoms with Crippen molar-refractivity contribution in [2.45, 2.75) is 53.6 Å². The molecule has 0 atom stereocenters. The predicted octanol–water partition coefficient (Wildman–Crippen LogP) is 2.39. The minimum atomic E-state index is 0.598. The molecule has 0 fully saturated rings. The van der Waals surface area contributed by atoms with E-state index in [2.05, 4.69) is 30.6 Å². The van der Waals surface area contributed by atoms with Gasteiger partial charge in [0.2, 0.25) is 0 Å². The van der Waals surface area contributed by atoms with Gasteiger partial charge in [0.05, 0.1) is 5.69 Å². The molecule has 1 aromatic heterocycles. The molecule has 2 N–H and O–H groups in total. The highest BCUT2D eigenvalue weighted by molar-refractivity contribution is 5.23. The van der Waals surface area contributed by atoms with Crippen molar-refractivity contribution in [3.63, 3.8) is 0 Å². The summed E-state index contributed by atoms with van der Waals surface area (Å²) >= 11 is 0. The van der Waals surface area contributed by atoms with Gasteiger partial charge in [-0.15, -0.1) is 0 Å². The summed E-state index contributed by atoms with van der Waals surface area (Å²) in [6.07, 6.45) is 2.43. The lowest BCUT2D eigenvalue weighted by Gasteiger charge is -2.13. The van der Waals surface area contributed by atoms with Crippen LogP contribution < -0.4 is 5.73 Å². The van der Waals surface area contributed by atoms with Gasteiger partial charge in [-0.05, 0) is 19.8 Å². The van der Waals surface area contributed by atoms with E-state index < -0.39 is 0 Å². The average Bonchev–Trinajstić information content (AvgIpc) is 2.50. The minimum Gasteiger partial charge on any atom is -0.326 e. The van der Waals surface area contributed by atoms with E-state index in [0.29, 0.717) is 6.54 Å². The van der Waals surface area contributed by atoms with Crippen LogP contribution in [0.15, 0.2) is 0 Å². The molecule has 0 aliphatic rings. The normalized spacial score (nSPS) is 11.3. The molecule has 0 saturated carbocycles. The third-order valence-electron chi connectivity index (χ3n) is 3.32. The summed E-state index contributed by atoms with van der Waals surface area (Å²) in [5.41, 5.74) is 9.24. The van der Waals surface area contributed by atoms with Gasteiger partial charge < -0.3 is 5.73 Å². The van der Waals surface area contributed by atoms with Crippen LogP contribution in [0.2, 0.25) is 0 Å². The molecule has 0 aromatic carbocycles. The molecule has 1 heterocycles. The molecule has 0 bridgehead atoms. The number of nitrogens with zero attached hydrogens (tertiary/aromatic N) is 2. The first-order chi connectivity index (χ1) is 7.13. The van der Waals surface area contributed by atoms with E-state index in [1.54, 1.807) is 0 Å². The van der Waals surface area contributed by atoms with Crippen molar-refractivity contribution in [2.75, 3.05) is 0 Å². The summed E-state index contributed by atoms with van der Waals surface area (Å²) in [6.45, 7) is 10.3. The Hall–Kier alpha value is -0.830. The number of aromatic nitrogens is 2. The predicted molar refractivity (Wildman–Crippen MR) is 63.7 cm³/mol. The maximum atomic E-state index is 5.71. The van der Waals surface area contributed by atoms with Gasteiger partial charge in [0.25, 0.3) is 0 Å². The van der Waals surface area contributed by atoms with E-state index in [4.69, 9.17) is 5.73 Å². The van der Waals surface area contributed by atoms with E-state index in [9.17, 15) is 0 Å². The molecule has 1 rings (SSSR count). The second-order valence-electron chi connectivity index (χ2n) is 4.22. The molecular weight excluding hydrogens is 186 g/mol. The van der Waals surface area contributed by atoms with Crippen molar-refractivity contribution >= 4 is 0 Å². The van der Waals surface area contributed by atoms with Crippen LogP contribution in [-0.2, 0) is 13.1 Å². The molecule has 3 heteroatoms. The first-order valence-corrected chi connectivity index (χ1v) is 5.86. The number of hydrogen-bond acceptors (Lipinski definition) is 2. The summed E-state index contributed by atoms with van der Waals surface area (Å²) in [5, 5.41) is 4.55. The van der Waals surface area contributed by atoms with E-state index >= 15 is 0 Å². The Balaban J connectivity index is 2.86. The zero-order valence-corrected chi connectivity index (χ0v) is 10.4. The number of nitrogens with two attached hydrogens (primary N) is 1. The van der Waals surface area contributed by atoms with Crippen molar-refractivity contribution in [3.8, 4) is 0 Å². The fourth-order valence-corrected chi connectivity index (χ4v) is 2.00. The van der Waals surface area contributed by atoms with Gasteiger partial charge in [-0.2, -0.15) is 5.10 Å². The molecule has 0 aliphatic carbocycles. The highest BCUT2D eigenvalue weighted by Crippen LogP contribution is 2.16. The van der Waals surface area contributed by atoms with Crippen molar-refractivity contribution in [1.29, 1.82) is 0 Å². The lowest BCUT2D eigenvalue weighted by atomic mass is 10.0. The van der Waals surface area contributed by atoms with Gasteiger partial charge in [-0.1, -0.05) is 26.7 Å². The smallest absolute Gasteiger partial charge is 0.0641 e. The Bertz CT molecular complexity index is 311. The Morgan fingerprint density at radius 1 is 1.27 bits per heavy atom. The molecule has 0 amide bonds. The van der Waals surface area contributed by atoms with Crippen LogP contribution in [0.3, 0.4) is 0 Å². The molecule has 0 spiro atoms. The summed E-state index contributed by atoms with van der Waals surface area (Å²) < 4.78 is 2.12. The molecule has 0 unspecified atom stereocenters. The second-order valence-corrected chi connectivity index (χ2v) is 4.22. The second kappa shape index (κ2) is 5.31. The van der Waals surface area contributed by atoms with Gasteiger partial charge >= 0.3 is 0 Å². The maximum Gasteiger partial charge on any atom is 0.0641 e. The number of hydrogen-bond donors (Lipinski definition) is 1. The quantitative estimate of drug-likeness (QED) is 0.809. The summed E-state index contributed by atoms with van der Waals surface area (Å²) in [4.78, 5) is 0. The fourth-order valence-electron chi connectivity index (χ4n) is 2.00. The first-order valence-electron chi connectivity index (χ1n) is 5.86. The highest BCUT2D eigenvalue weighted by atomic mass is 15.3. The largest absolute Gasteiger partial charge is 0.326 e. The van der Waals surface area contributed by atoms with Crippen molar-refractivity contribution in [2.24, 2.45) is 11.7 Å². The van der Waals surface area contributed by atoms with E-state index in [1.807, 2.05) is 6.92 Å². The van der Waals surface area contributed by atoms with Crippen molar-refractivity contribution in [1.82, 2.24) is 9.78 Å². The molecule has 1 aromatic rings. The van der Waals surface area contributed by atoms with Crippen molar-refractivity contribution < 1.29 is 0 Å². The van der Waals surface area contributed by atoms with Gasteiger partial charge in [-0.25, -0.2) is 0 Å². The Morgan fingerprint density at radius 2 is 1.87 bits per heavy atom. The Labute approximate surface area is 92.7 Å². The first kappa shape index (κ1) is 12.2. The topological polar surface area (TPSA) is 43.8 Å². The zero-order valence-electron chi connectivity index (χ0n) is 10.4. The third-order valence-corrected chi connectivity index (χ3v) is 3.32. The Kier molecular flexibility index (Phi) is 4.33. The van der Waals surface area contributed by atoms with Crippen LogP contribution in [-0.4, -0.2) is 9.78 Å². The standard InChI is InChI=1S/C12H23N3/c1-5-11(6-2)8-15-10(4)12(7-13)9(3)14-15/h11H,5-8,13H2,1-4H3. The summed E-state index contributed by atoms with van der Waals surface area (Å²) in [7, 11) is 0. The molecular formula is C12H23N3. The van der Waals surface area contributed by atoms with Crippen LogP contribution >= 0.6 is 0 Å². The molecule has 0 radical (unpaired) electrons. The maximum absolute atomic E-state index is 5.71. The minimum absolute atomic E-state index is 0.598. The highest BCUT2D eigenvalue weighted by Gasteiger charge is 2.12. The molecule has 0 saturated heterocycles. The monoisotopic (exact) mass is 209 g/mol. The van der Waals surface area contributed by atoms with Crippen molar-refractivity contribution in [3.05, 3.63) is 17.0 Å². The van der Waals surface area contributed by atoms with E-state index in [-0.39, 0.29) is 0 Å². The Morgan fingerprint density at radius 3 is 2.27 bits per heavy atom. The van der Waals surface area contributed by atoms with Crippen LogP contribution in [0.5, 0.6) is 0 Å². The average molecular weight is 209 g/mol. The van der Waals surface area contributed by atoms with Crippen LogP contribution in [0, 0.1) is 19.8 Å². The summed E-state index contributed by atoms with van der Waals surface area (Å²) in [6, 6.07) is 0. The zero-order chi connectivity index (χ0) is 11.4. The molecule has 0 aliphatic heterocycles. The van der Waals surface area contributed by atoms with Gasteiger partial charge in [0, 0.05) is 24.3 Å². The van der Waals surface area contributed by atoms with Gasteiger partial charge in [0.1, 0.15) is 0 Å². The SMILES string of the molecule is CCC(CC)Cn1nc(C)c(CN)c1C. The third kappa shape index (κ3) is 2.59. The van der Waals surface area contributed by atoms with E-state index in [0.717, 1.165) is 18.2 Å². The lowest BCUT2D eigenvalue weighted by Crippen LogP contribution is -2.12. The van der Waals surface area contributed by atoms with Gasteiger partial charge in [0.15, 0.2) is 0 Å². The number of aryl methyl sites for hydroxylation is 1. The number of rotatable bonds is 5. The van der Waals surface area contributed by atoms with E-state index in [1.165, 1.54) is 24.1 Å². The van der Waals surface area contributed by atoms with Crippen LogP contribution in [0.4, 0.5) is 0 Å². The molecule has 86 valence electrons.